The molecule has 2 N–H and O–H groups in total. The Kier molecular flexibility index (Phi) is 4.58. The maximum absolute atomic E-state index is 12.8. The van der Waals surface area contributed by atoms with Gasteiger partial charge in [0, 0.05) is 17.3 Å². The average molecular weight is 230 g/mol. The van der Waals surface area contributed by atoms with E-state index >= 15 is 0 Å². The minimum atomic E-state index is -1.14. The SMILES string of the molecule is O=C(O)c1cc(F)ccc1SCCCO. The molecule has 0 unspecified atom stereocenters. The van der Waals surface area contributed by atoms with Crippen LogP contribution in [-0.2, 0) is 0 Å². The summed E-state index contributed by atoms with van der Waals surface area (Å²) >= 11 is 1.30. The molecule has 1 aromatic rings. The number of aliphatic hydroxyl groups excluding tert-OH is 1. The smallest absolute Gasteiger partial charge is 0.336 e. The molecule has 0 aliphatic heterocycles. The van der Waals surface area contributed by atoms with Gasteiger partial charge in [0.2, 0.25) is 0 Å². The Hall–Kier alpha value is -1.07. The summed E-state index contributed by atoms with van der Waals surface area (Å²) in [7, 11) is 0. The zero-order valence-electron chi connectivity index (χ0n) is 7.94. The minimum Gasteiger partial charge on any atom is -0.478 e. The van der Waals surface area contributed by atoms with E-state index in [1.165, 1.54) is 23.9 Å². The maximum atomic E-state index is 12.8. The van der Waals surface area contributed by atoms with Crippen molar-refractivity contribution in [2.24, 2.45) is 0 Å². The Morgan fingerprint density at radius 3 is 2.80 bits per heavy atom. The Morgan fingerprint density at radius 2 is 2.20 bits per heavy atom. The topological polar surface area (TPSA) is 57.5 Å². The Morgan fingerprint density at radius 1 is 1.47 bits per heavy atom. The average Bonchev–Trinajstić information content (AvgIpc) is 2.20. The molecule has 0 aliphatic rings. The number of aliphatic hydroxyl groups is 1. The van der Waals surface area contributed by atoms with E-state index in [0.717, 1.165) is 6.07 Å². The van der Waals surface area contributed by atoms with Gasteiger partial charge in [0.25, 0.3) is 0 Å². The third kappa shape index (κ3) is 3.53. The van der Waals surface area contributed by atoms with Crippen molar-refractivity contribution >= 4 is 17.7 Å². The second-order valence-electron chi connectivity index (χ2n) is 2.87. The lowest BCUT2D eigenvalue weighted by Crippen LogP contribution is -2.00. The summed E-state index contributed by atoms with van der Waals surface area (Å²) in [6, 6.07) is 3.68. The third-order valence-corrected chi connectivity index (χ3v) is 2.89. The number of carbonyl (C=O) groups is 1. The number of carboxylic acid groups (broad SMARTS) is 1. The normalized spacial score (nSPS) is 10.3. The molecule has 0 spiro atoms. The fourth-order valence-electron chi connectivity index (χ4n) is 1.04. The van der Waals surface area contributed by atoms with Gasteiger partial charge >= 0.3 is 5.97 Å². The van der Waals surface area contributed by atoms with E-state index in [4.69, 9.17) is 10.2 Å². The highest BCUT2D eigenvalue weighted by Gasteiger charge is 2.11. The molecular formula is C10H11FO3S. The quantitative estimate of drug-likeness (QED) is 0.600. The summed E-state index contributed by atoms with van der Waals surface area (Å²) in [6.45, 7) is 0.0661. The van der Waals surface area contributed by atoms with Gasteiger partial charge in [0.15, 0.2) is 0 Å². The fourth-order valence-corrected chi connectivity index (χ4v) is 2.00. The summed E-state index contributed by atoms with van der Waals surface area (Å²) < 4.78 is 12.8. The van der Waals surface area contributed by atoms with Gasteiger partial charge in [0.1, 0.15) is 5.82 Å². The summed E-state index contributed by atoms with van der Waals surface area (Å²) in [5, 5.41) is 17.4. The van der Waals surface area contributed by atoms with E-state index in [0.29, 0.717) is 17.1 Å². The van der Waals surface area contributed by atoms with Gasteiger partial charge in [-0.15, -0.1) is 11.8 Å². The van der Waals surface area contributed by atoms with Gasteiger partial charge in [-0.3, -0.25) is 0 Å². The zero-order chi connectivity index (χ0) is 11.3. The molecule has 82 valence electrons. The number of hydrogen-bond donors (Lipinski definition) is 2. The van der Waals surface area contributed by atoms with Gasteiger partial charge < -0.3 is 10.2 Å². The molecular weight excluding hydrogens is 219 g/mol. The number of thioether (sulfide) groups is 1. The number of carboxylic acids is 1. The number of aromatic carboxylic acids is 1. The summed E-state index contributed by atoms with van der Waals surface area (Å²) in [5.74, 6) is -1.08. The summed E-state index contributed by atoms with van der Waals surface area (Å²) in [5.41, 5.74) is -0.0297. The first-order valence-corrected chi connectivity index (χ1v) is 5.40. The van der Waals surface area contributed by atoms with E-state index < -0.39 is 11.8 Å². The molecule has 5 heteroatoms. The Labute approximate surface area is 90.9 Å². The summed E-state index contributed by atoms with van der Waals surface area (Å²) in [6.07, 6.45) is 0.584. The number of halogens is 1. The maximum Gasteiger partial charge on any atom is 0.336 e. The van der Waals surface area contributed by atoms with Crippen LogP contribution in [0.5, 0.6) is 0 Å². The first-order chi connectivity index (χ1) is 7.15. The van der Waals surface area contributed by atoms with Crippen molar-refractivity contribution in [2.75, 3.05) is 12.4 Å². The molecule has 1 aromatic carbocycles. The van der Waals surface area contributed by atoms with E-state index in [-0.39, 0.29) is 12.2 Å². The molecule has 3 nitrogen and oxygen atoms in total. The zero-order valence-corrected chi connectivity index (χ0v) is 8.76. The highest BCUT2D eigenvalue weighted by atomic mass is 32.2. The molecule has 0 saturated carbocycles. The van der Waals surface area contributed by atoms with Crippen molar-refractivity contribution in [3.63, 3.8) is 0 Å². The van der Waals surface area contributed by atoms with Crippen molar-refractivity contribution in [1.82, 2.24) is 0 Å². The van der Waals surface area contributed by atoms with Gasteiger partial charge in [0.05, 0.1) is 5.56 Å². The number of rotatable bonds is 5. The first kappa shape index (κ1) is 12.0. The van der Waals surface area contributed by atoms with Gasteiger partial charge in [-0.2, -0.15) is 0 Å². The highest BCUT2D eigenvalue weighted by molar-refractivity contribution is 7.99. The molecule has 0 bridgehead atoms. The minimum absolute atomic E-state index is 0.0297. The van der Waals surface area contributed by atoms with Crippen LogP contribution in [0.4, 0.5) is 4.39 Å². The van der Waals surface area contributed by atoms with E-state index in [1.807, 2.05) is 0 Å². The van der Waals surface area contributed by atoms with E-state index in [2.05, 4.69) is 0 Å². The molecule has 0 atom stereocenters. The molecule has 0 heterocycles. The Balaban J connectivity index is 2.81. The number of hydrogen-bond acceptors (Lipinski definition) is 3. The lowest BCUT2D eigenvalue weighted by Gasteiger charge is -2.04. The van der Waals surface area contributed by atoms with Crippen LogP contribution in [0.2, 0.25) is 0 Å². The molecule has 0 amide bonds. The first-order valence-electron chi connectivity index (χ1n) is 4.41. The standard InChI is InChI=1S/C10H11FO3S/c11-7-2-3-9(15-5-1-4-12)8(6-7)10(13)14/h2-3,6,12H,1,4-5H2,(H,13,14). The third-order valence-electron chi connectivity index (χ3n) is 1.73. The van der Waals surface area contributed by atoms with Crippen LogP contribution in [0.25, 0.3) is 0 Å². The Bertz CT molecular complexity index is 355. The van der Waals surface area contributed by atoms with Crippen LogP contribution >= 0.6 is 11.8 Å². The highest BCUT2D eigenvalue weighted by Crippen LogP contribution is 2.24. The summed E-state index contributed by atoms with van der Waals surface area (Å²) in [4.78, 5) is 11.3. The largest absolute Gasteiger partial charge is 0.478 e. The molecule has 0 aromatic heterocycles. The lowest BCUT2D eigenvalue weighted by molar-refractivity contribution is 0.0692. The molecule has 0 fully saturated rings. The molecule has 0 aliphatic carbocycles. The molecule has 15 heavy (non-hydrogen) atoms. The molecule has 0 radical (unpaired) electrons. The lowest BCUT2D eigenvalue weighted by atomic mass is 10.2. The van der Waals surface area contributed by atoms with Gasteiger partial charge in [-0.1, -0.05) is 0 Å². The van der Waals surface area contributed by atoms with Crippen molar-refractivity contribution in [3.8, 4) is 0 Å². The second-order valence-corrected chi connectivity index (χ2v) is 4.01. The van der Waals surface area contributed by atoms with E-state index in [9.17, 15) is 9.18 Å². The number of benzene rings is 1. The van der Waals surface area contributed by atoms with Crippen molar-refractivity contribution in [3.05, 3.63) is 29.6 Å². The van der Waals surface area contributed by atoms with Crippen LogP contribution in [0.3, 0.4) is 0 Å². The van der Waals surface area contributed by atoms with Gasteiger partial charge in [-0.05, 0) is 24.6 Å². The monoisotopic (exact) mass is 230 g/mol. The predicted octanol–water partition coefficient (Wildman–Crippen LogP) is 2.00. The van der Waals surface area contributed by atoms with Crippen LogP contribution in [0.1, 0.15) is 16.8 Å². The fraction of sp³-hybridized carbons (Fsp3) is 0.300. The second kappa shape index (κ2) is 5.72. The molecule has 1 rings (SSSR count). The van der Waals surface area contributed by atoms with Crippen LogP contribution in [-0.4, -0.2) is 28.5 Å². The molecule has 0 saturated heterocycles. The van der Waals surface area contributed by atoms with Crippen LogP contribution in [0.15, 0.2) is 23.1 Å². The van der Waals surface area contributed by atoms with E-state index in [1.54, 1.807) is 0 Å². The predicted molar refractivity (Wildman–Crippen MR) is 55.8 cm³/mol. The van der Waals surface area contributed by atoms with Crippen molar-refractivity contribution < 1.29 is 19.4 Å². The van der Waals surface area contributed by atoms with Gasteiger partial charge in [-0.25, -0.2) is 9.18 Å². The van der Waals surface area contributed by atoms with Crippen LogP contribution < -0.4 is 0 Å². The van der Waals surface area contributed by atoms with Crippen molar-refractivity contribution in [2.45, 2.75) is 11.3 Å². The van der Waals surface area contributed by atoms with Crippen molar-refractivity contribution in [1.29, 1.82) is 0 Å². The van der Waals surface area contributed by atoms with Crippen LogP contribution in [0, 0.1) is 5.82 Å².